The molecule has 0 saturated carbocycles. The Hall–Kier alpha value is -0.160. The second-order valence-electron chi connectivity index (χ2n) is 5.56. The van der Waals surface area contributed by atoms with Crippen molar-refractivity contribution in [2.45, 2.75) is 50.7 Å². The molecule has 3 fully saturated rings. The van der Waals surface area contributed by atoms with Crippen LogP contribution in [0.25, 0.3) is 0 Å². The molecule has 1 N–H and O–H groups in total. The molecule has 0 aliphatic carbocycles. The number of rotatable bonds is 3. The fourth-order valence-corrected chi connectivity index (χ4v) is 3.85. The summed E-state index contributed by atoms with van der Waals surface area (Å²) in [5.74, 6) is 0. The topological polar surface area (TPSA) is 27.7 Å². The molecule has 2 atom stereocenters. The Balaban J connectivity index is 1.63. The van der Waals surface area contributed by atoms with Crippen molar-refractivity contribution in [3.8, 4) is 0 Å². The van der Waals surface area contributed by atoms with Gasteiger partial charge in [0.05, 0.1) is 13.2 Å². The van der Waals surface area contributed by atoms with Crippen LogP contribution >= 0.6 is 0 Å². The van der Waals surface area contributed by atoms with E-state index in [1.165, 1.54) is 25.7 Å². The second kappa shape index (κ2) is 5.22. The number of piperidine rings is 1. The number of morpholine rings is 1. The first-order valence-electron chi connectivity index (χ1n) is 7.23. The van der Waals surface area contributed by atoms with Gasteiger partial charge in [-0.1, -0.05) is 6.92 Å². The highest BCUT2D eigenvalue weighted by molar-refractivity contribution is 4.96. The first kappa shape index (κ1) is 11.9. The second-order valence-corrected chi connectivity index (χ2v) is 5.56. The summed E-state index contributed by atoms with van der Waals surface area (Å²) in [4.78, 5) is 0. The number of fused-ring (bicyclic) bond motifs is 2. The molecule has 2 bridgehead atoms. The van der Waals surface area contributed by atoms with Crippen molar-refractivity contribution in [2.75, 3.05) is 32.8 Å². The Labute approximate surface area is 104 Å². The summed E-state index contributed by atoms with van der Waals surface area (Å²) in [6.07, 6.45) is 5.46. The van der Waals surface area contributed by atoms with Crippen LogP contribution in [-0.2, 0) is 4.74 Å². The fourth-order valence-electron chi connectivity index (χ4n) is 3.85. The number of nitrogens with zero attached hydrogens (tertiary/aromatic N) is 2. The molecular formula is C13H25N3O. The zero-order valence-electron chi connectivity index (χ0n) is 10.9. The van der Waals surface area contributed by atoms with Crippen LogP contribution in [0, 0.1) is 0 Å². The van der Waals surface area contributed by atoms with Crippen molar-refractivity contribution in [3.63, 3.8) is 0 Å². The van der Waals surface area contributed by atoms with Crippen LogP contribution in [0.3, 0.4) is 0 Å². The molecule has 0 aromatic heterocycles. The third kappa shape index (κ3) is 2.36. The molecule has 17 heavy (non-hydrogen) atoms. The highest BCUT2D eigenvalue weighted by Gasteiger charge is 2.43. The molecular weight excluding hydrogens is 214 g/mol. The van der Waals surface area contributed by atoms with Gasteiger partial charge in [-0.25, -0.2) is 10.0 Å². The number of hydrogen-bond donors (Lipinski definition) is 1. The van der Waals surface area contributed by atoms with Crippen molar-refractivity contribution < 1.29 is 4.74 Å². The third-order valence-corrected chi connectivity index (χ3v) is 4.50. The van der Waals surface area contributed by atoms with Crippen molar-refractivity contribution >= 4 is 0 Å². The molecule has 3 heterocycles. The predicted octanol–water partition coefficient (Wildman–Crippen LogP) is 0.839. The van der Waals surface area contributed by atoms with Gasteiger partial charge in [0.15, 0.2) is 0 Å². The first-order valence-corrected chi connectivity index (χ1v) is 7.23. The Morgan fingerprint density at radius 3 is 2.35 bits per heavy atom. The summed E-state index contributed by atoms with van der Waals surface area (Å²) in [6.45, 7) is 7.34. The Morgan fingerprint density at radius 1 is 1.12 bits per heavy atom. The third-order valence-electron chi connectivity index (χ3n) is 4.50. The van der Waals surface area contributed by atoms with Gasteiger partial charge in [0.1, 0.15) is 0 Å². The summed E-state index contributed by atoms with van der Waals surface area (Å²) in [6, 6.07) is 2.33. The van der Waals surface area contributed by atoms with E-state index in [-0.39, 0.29) is 0 Å². The van der Waals surface area contributed by atoms with E-state index in [2.05, 4.69) is 22.3 Å². The van der Waals surface area contributed by atoms with E-state index in [9.17, 15) is 0 Å². The fraction of sp³-hybridized carbons (Fsp3) is 1.00. The van der Waals surface area contributed by atoms with E-state index < -0.39 is 0 Å². The lowest BCUT2D eigenvalue weighted by Crippen LogP contribution is -2.58. The van der Waals surface area contributed by atoms with Crippen molar-refractivity contribution in [1.29, 1.82) is 0 Å². The number of hydrogen-bond acceptors (Lipinski definition) is 4. The molecule has 0 spiro atoms. The molecule has 3 aliphatic heterocycles. The minimum absolute atomic E-state index is 0.759. The van der Waals surface area contributed by atoms with Crippen LogP contribution in [-0.4, -0.2) is 61.0 Å². The molecule has 0 aromatic rings. The molecule has 0 aromatic carbocycles. The lowest BCUT2D eigenvalue weighted by molar-refractivity contribution is -0.133. The molecule has 4 heteroatoms. The normalized spacial score (nSPS) is 39.7. The summed E-state index contributed by atoms with van der Waals surface area (Å²) < 4.78 is 5.46. The van der Waals surface area contributed by atoms with E-state index in [1.807, 2.05) is 0 Å². The molecule has 3 saturated heterocycles. The van der Waals surface area contributed by atoms with Gasteiger partial charge in [0, 0.05) is 31.2 Å². The van der Waals surface area contributed by atoms with E-state index >= 15 is 0 Å². The SMILES string of the molecule is CCNC1CC2CCC(C1)N2N1CCOCC1. The van der Waals surface area contributed by atoms with Crippen LogP contribution < -0.4 is 5.32 Å². The predicted molar refractivity (Wildman–Crippen MR) is 67.7 cm³/mol. The maximum Gasteiger partial charge on any atom is 0.0608 e. The number of hydrazine groups is 1. The summed E-state index contributed by atoms with van der Waals surface area (Å²) in [5, 5.41) is 8.91. The van der Waals surface area contributed by atoms with Gasteiger partial charge in [0.2, 0.25) is 0 Å². The van der Waals surface area contributed by atoms with Gasteiger partial charge < -0.3 is 10.1 Å². The molecule has 0 amide bonds. The maximum atomic E-state index is 5.46. The molecule has 3 aliphatic rings. The van der Waals surface area contributed by atoms with E-state index in [0.29, 0.717) is 0 Å². The zero-order chi connectivity index (χ0) is 11.7. The summed E-state index contributed by atoms with van der Waals surface area (Å²) in [5.41, 5.74) is 0. The minimum Gasteiger partial charge on any atom is -0.379 e. The van der Waals surface area contributed by atoms with Crippen LogP contribution in [0.5, 0.6) is 0 Å². The van der Waals surface area contributed by atoms with Crippen molar-refractivity contribution in [3.05, 3.63) is 0 Å². The van der Waals surface area contributed by atoms with Crippen LogP contribution in [0.15, 0.2) is 0 Å². The van der Waals surface area contributed by atoms with Crippen molar-refractivity contribution in [1.82, 2.24) is 15.3 Å². The smallest absolute Gasteiger partial charge is 0.0608 e. The largest absolute Gasteiger partial charge is 0.379 e. The molecule has 3 rings (SSSR count). The maximum absolute atomic E-state index is 5.46. The van der Waals surface area contributed by atoms with Crippen LogP contribution in [0.2, 0.25) is 0 Å². The average molecular weight is 239 g/mol. The van der Waals surface area contributed by atoms with Gasteiger partial charge in [-0.05, 0) is 32.2 Å². The lowest BCUT2D eigenvalue weighted by Gasteiger charge is -2.46. The minimum atomic E-state index is 0.759. The highest BCUT2D eigenvalue weighted by atomic mass is 16.5. The van der Waals surface area contributed by atoms with Gasteiger partial charge in [-0.2, -0.15) is 0 Å². The Kier molecular flexibility index (Phi) is 3.66. The molecule has 0 radical (unpaired) electrons. The van der Waals surface area contributed by atoms with E-state index in [0.717, 1.165) is 51.0 Å². The Bertz CT molecular complexity index is 241. The molecule has 98 valence electrons. The van der Waals surface area contributed by atoms with Gasteiger partial charge >= 0.3 is 0 Å². The van der Waals surface area contributed by atoms with Crippen molar-refractivity contribution in [2.24, 2.45) is 0 Å². The standard InChI is InChI=1S/C13H25N3O/c1-2-14-11-9-12-3-4-13(10-11)16(12)15-5-7-17-8-6-15/h11-14H,2-10H2,1H3. The van der Waals surface area contributed by atoms with Gasteiger partial charge in [-0.15, -0.1) is 0 Å². The average Bonchev–Trinajstić information content (AvgIpc) is 2.63. The molecule has 4 nitrogen and oxygen atoms in total. The van der Waals surface area contributed by atoms with Crippen LogP contribution in [0.4, 0.5) is 0 Å². The van der Waals surface area contributed by atoms with E-state index in [1.54, 1.807) is 0 Å². The first-order chi connectivity index (χ1) is 8.38. The summed E-state index contributed by atoms with van der Waals surface area (Å²) >= 11 is 0. The van der Waals surface area contributed by atoms with Gasteiger partial charge in [0.25, 0.3) is 0 Å². The summed E-state index contributed by atoms with van der Waals surface area (Å²) in [7, 11) is 0. The van der Waals surface area contributed by atoms with Crippen LogP contribution in [0.1, 0.15) is 32.6 Å². The Morgan fingerprint density at radius 2 is 1.76 bits per heavy atom. The van der Waals surface area contributed by atoms with Gasteiger partial charge in [-0.3, -0.25) is 0 Å². The number of ether oxygens (including phenoxy) is 1. The zero-order valence-corrected chi connectivity index (χ0v) is 10.9. The number of nitrogens with one attached hydrogen (secondary N) is 1. The highest BCUT2D eigenvalue weighted by Crippen LogP contribution is 2.37. The monoisotopic (exact) mass is 239 g/mol. The quantitative estimate of drug-likeness (QED) is 0.790. The van der Waals surface area contributed by atoms with E-state index in [4.69, 9.17) is 4.74 Å². The molecule has 2 unspecified atom stereocenters. The lowest BCUT2D eigenvalue weighted by atomic mass is 9.99.